The standard InChI is InChI=1S/C19H25NO4/c1-18-10-8-15(21)17(20(23)24)14(18)4-3-11-12-5-6-16(22)19(12,2)9-7-13(11)18/h11-13H,3-10H2,1-2H3. The zero-order valence-electron chi connectivity index (χ0n) is 14.5. The second-order valence-electron chi connectivity index (χ2n) is 8.76. The molecular formula is C19H25NO4. The Hall–Kier alpha value is -1.52. The van der Waals surface area contributed by atoms with Crippen LogP contribution >= 0.6 is 0 Å². The maximum absolute atomic E-state index is 12.4. The number of allylic oxidation sites excluding steroid dienone is 1. The molecule has 0 radical (unpaired) electrons. The van der Waals surface area contributed by atoms with Crippen molar-refractivity contribution in [1.29, 1.82) is 0 Å². The van der Waals surface area contributed by atoms with Crippen LogP contribution in [0, 0.1) is 38.7 Å². The average Bonchev–Trinajstić information content (AvgIpc) is 2.83. The Labute approximate surface area is 142 Å². The van der Waals surface area contributed by atoms with Crippen molar-refractivity contribution in [3.63, 3.8) is 0 Å². The Morgan fingerprint density at radius 2 is 1.67 bits per heavy atom. The van der Waals surface area contributed by atoms with Crippen molar-refractivity contribution in [3.8, 4) is 0 Å². The van der Waals surface area contributed by atoms with Crippen molar-refractivity contribution in [1.82, 2.24) is 0 Å². The van der Waals surface area contributed by atoms with Gasteiger partial charge in [-0.2, -0.15) is 0 Å². The van der Waals surface area contributed by atoms with E-state index in [-0.39, 0.29) is 22.3 Å². The molecule has 5 heteroatoms. The van der Waals surface area contributed by atoms with Crippen LogP contribution in [0.2, 0.25) is 0 Å². The van der Waals surface area contributed by atoms with Crippen LogP contribution in [0.5, 0.6) is 0 Å². The highest BCUT2D eigenvalue weighted by atomic mass is 16.6. The van der Waals surface area contributed by atoms with Gasteiger partial charge < -0.3 is 0 Å². The quantitative estimate of drug-likeness (QED) is 0.542. The van der Waals surface area contributed by atoms with E-state index >= 15 is 0 Å². The van der Waals surface area contributed by atoms with E-state index in [0.717, 1.165) is 37.7 Å². The highest BCUT2D eigenvalue weighted by Crippen LogP contribution is 2.64. The fourth-order valence-electron chi connectivity index (χ4n) is 6.67. The number of ketones is 2. The number of rotatable bonds is 1. The van der Waals surface area contributed by atoms with Gasteiger partial charge in [-0.15, -0.1) is 0 Å². The summed E-state index contributed by atoms with van der Waals surface area (Å²) in [6.45, 7) is 4.29. The molecule has 0 aromatic rings. The molecule has 0 N–H and O–H groups in total. The molecule has 4 aliphatic rings. The van der Waals surface area contributed by atoms with Crippen LogP contribution in [0.25, 0.3) is 0 Å². The molecule has 130 valence electrons. The lowest BCUT2D eigenvalue weighted by atomic mass is 9.47. The van der Waals surface area contributed by atoms with Gasteiger partial charge in [-0.25, -0.2) is 0 Å². The van der Waals surface area contributed by atoms with Crippen LogP contribution in [0.4, 0.5) is 0 Å². The lowest BCUT2D eigenvalue weighted by Crippen LogP contribution is -2.51. The molecule has 3 saturated carbocycles. The Morgan fingerprint density at radius 1 is 0.958 bits per heavy atom. The molecule has 5 unspecified atom stereocenters. The highest BCUT2D eigenvalue weighted by Gasteiger charge is 2.60. The van der Waals surface area contributed by atoms with E-state index < -0.39 is 4.92 Å². The topological polar surface area (TPSA) is 77.3 Å². The summed E-state index contributed by atoms with van der Waals surface area (Å²) in [5.41, 5.74) is 0.289. The van der Waals surface area contributed by atoms with Crippen LogP contribution in [-0.2, 0) is 9.59 Å². The molecule has 0 spiro atoms. The summed E-state index contributed by atoms with van der Waals surface area (Å²) in [7, 11) is 0. The molecule has 5 atom stereocenters. The van der Waals surface area contributed by atoms with Crippen molar-refractivity contribution in [2.24, 2.45) is 28.6 Å². The Kier molecular flexibility index (Phi) is 3.32. The first kappa shape index (κ1) is 16.0. The summed E-state index contributed by atoms with van der Waals surface area (Å²) in [5.74, 6) is 1.42. The minimum Gasteiger partial charge on any atom is -0.299 e. The van der Waals surface area contributed by atoms with Crippen molar-refractivity contribution in [2.75, 3.05) is 0 Å². The van der Waals surface area contributed by atoms with Gasteiger partial charge in [0.05, 0.1) is 4.92 Å². The maximum Gasteiger partial charge on any atom is 0.311 e. The fourth-order valence-corrected chi connectivity index (χ4v) is 6.67. The Morgan fingerprint density at radius 3 is 2.38 bits per heavy atom. The molecule has 3 fully saturated rings. The third kappa shape index (κ3) is 1.87. The van der Waals surface area contributed by atoms with Crippen molar-refractivity contribution in [2.45, 2.75) is 65.2 Å². The predicted molar refractivity (Wildman–Crippen MR) is 87.7 cm³/mol. The first-order valence-corrected chi connectivity index (χ1v) is 9.23. The normalized spacial score (nSPS) is 44.8. The predicted octanol–water partition coefficient (Wildman–Crippen LogP) is 3.69. The monoisotopic (exact) mass is 331 g/mol. The van der Waals surface area contributed by atoms with Crippen LogP contribution < -0.4 is 0 Å². The molecule has 0 heterocycles. The lowest BCUT2D eigenvalue weighted by molar-refractivity contribution is -0.422. The maximum atomic E-state index is 12.4. The summed E-state index contributed by atoms with van der Waals surface area (Å²) in [6.07, 6.45) is 6.12. The second kappa shape index (κ2) is 4.99. The molecule has 5 nitrogen and oxygen atoms in total. The fraction of sp³-hybridized carbons (Fsp3) is 0.789. The number of nitro groups is 1. The number of fused-ring (bicyclic) bond motifs is 5. The van der Waals surface area contributed by atoms with Crippen molar-refractivity contribution >= 4 is 11.6 Å². The Balaban J connectivity index is 1.76. The van der Waals surface area contributed by atoms with Gasteiger partial charge in [0.25, 0.3) is 0 Å². The minimum atomic E-state index is -0.443. The van der Waals surface area contributed by atoms with Gasteiger partial charge in [0.2, 0.25) is 5.78 Å². The number of nitrogens with zero attached hydrogens (tertiary/aromatic N) is 1. The van der Waals surface area contributed by atoms with Crippen molar-refractivity contribution in [3.05, 3.63) is 21.4 Å². The molecule has 0 saturated heterocycles. The second-order valence-corrected chi connectivity index (χ2v) is 8.76. The number of carbonyl (C=O) groups excluding carboxylic acids is 2. The van der Waals surface area contributed by atoms with Gasteiger partial charge >= 0.3 is 5.70 Å². The van der Waals surface area contributed by atoms with Gasteiger partial charge in [0.1, 0.15) is 5.78 Å². The zero-order chi connectivity index (χ0) is 17.3. The molecule has 0 amide bonds. The van der Waals surface area contributed by atoms with E-state index in [1.165, 1.54) is 0 Å². The van der Waals surface area contributed by atoms with Crippen LogP contribution in [0.3, 0.4) is 0 Å². The third-order valence-corrected chi connectivity index (χ3v) is 7.99. The van der Waals surface area contributed by atoms with E-state index in [2.05, 4.69) is 13.8 Å². The van der Waals surface area contributed by atoms with E-state index in [0.29, 0.717) is 42.8 Å². The lowest BCUT2D eigenvalue weighted by Gasteiger charge is -2.56. The molecule has 4 rings (SSSR count). The van der Waals surface area contributed by atoms with Crippen LogP contribution in [0.15, 0.2) is 11.3 Å². The van der Waals surface area contributed by atoms with Gasteiger partial charge in [-0.1, -0.05) is 13.8 Å². The average molecular weight is 331 g/mol. The summed E-state index contributed by atoms with van der Waals surface area (Å²) in [4.78, 5) is 35.6. The molecule has 4 aliphatic carbocycles. The summed E-state index contributed by atoms with van der Waals surface area (Å²) in [6, 6.07) is 0. The van der Waals surface area contributed by atoms with E-state index in [4.69, 9.17) is 0 Å². The molecule has 24 heavy (non-hydrogen) atoms. The molecule has 0 bridgehead atoms. The SMILES string of the molecule is CC12CCC3C(CCC4=C([N+](=O)[O-])C(=O)CCC43C)C1CCC2=O. The highest BCUT2D eigenvalue weighted by molar-refractivity contribution is 5.95. The largest absolute Gasteiger partial charge is 0.311 e. The first-order valence-electron chi connectivity index (χ1n) is 9.23. The summed E-state index contributed by atoms with van der Waals surface area (Å²) < 4.78 is 0. The first-order chi connectivity index (χ1) is 11.3. The minimum absolute atomic E-state index is 0.113. The summed E-state index contributed by atoms with van der Waals surface area (Å²) >= 11 is 0. The van der Waals surface area contributed by atoms with E-state index in [1.54, 1.807) is 0 Å². The Bertz CT molecular complexity index is 681. The van der Waals surface area contributed by atoms with Gasteiger partial charge in [0, 0.05) is 23.8 Å². The van der Waals surface area contributed by atoms with E-state index in [9.17, 15) is 19.7 Å². The van der Waals surface area contributed by atoms with Crippen molar-refractivity contribution < 1.29 is 14.5 Å². The molecular weight excluding hydrogens is 306 g/mol. The van der Waals surface area contributed by atoms with Crippen LogP contribution in [-0.4, -0.2) is 16.5 Å². The smallest absolute Gasteiger partial charge is 0.299 e. The molecule has 0 aromatic carbocycles. The number of hydrogen-bond donors (Lipinski definition) is 0. The number of carbonyl (C=O) groups is 2. The third-order valence-electron chi connectivity index (χ3n) is 7.99. The summed E-state index contributed by atoms with van der Waals surface area (Å²) in [5, 5.41) is 11.5. The molecule has 0 aromatic heterocycles. The van der Waals surface area contributed by atoms with Gasteiger partial charge in [-0.05, 0) is 61.7 Å². The zero-order valence-corrected chi connectivity index (χ0v) is 14.5. The number of Topliss-reactive ketones (excluding diaryl/α,β-unsaturated/α-hetero) is 2. The van der Waals surface area contributed by atoms with Gasteiger partial charge in [0.15, 0.2) is 0 Å². The molecule has 0 aliphatic heterocycles. The van der Waals surface area contributed by atoms with E-state index in [1.807, 2.05) is 0 Å². The van der Waals surface area contributed by atoms with Gasteiger partial charge in [-0.3, -0.25) is 19.7 Å². The number of hydrogen-bond acceptors (Lipinski definition) is 4. The van der Waals surface area contributed by atoms with Crippen LogP contribution in [0.1, 0.15) is 65.2 Å².